The van der Waals surface area contributed by atoms with Crippen molar-refractivity contribution in [1.29, 1.82) is 0 Å². The molecule has 0 N–H and O–H groups in total. The molecule has 0 radical (unpaired) electrons. The molecule has 1 aromatic carbocycles. The Balaban J connectivity index is 2.75. The molecule has 0 saturated carbocycles. The standard InChI is InChI=1S/C10H10N2O2.Tl/c1-6-3-4-8-7(5-6)9(12-11-8)10(13)14-2;/h3-5H,1-2H3,(H,11,12,13);/q;+1/p-1. The van der Waals surface area contributed by atoms with Crippen LogP contribution in [0.3, 0.4) is 0 Å². The Morgan fingerprint density at radius 3 is 2.93 bits per heavy atom. The van der Waals surface area contributed by atoms with Crippen LogP contribution in [0.5, 0.6) is 0 Å². The molecule has 0 unspecified atom stereocenters. The van der Waals surface area contributed by atoms with Crippen molar-refractivity contribution in [3.63, 3.8) is 0 Å². The van der Waals surface area contributed by atoms with Crippen LogP contribution >= 0.6 is 0 Å². The molecule has 0 spiro atoms. The number of benzene rings is 1. The first kappa shape index (κ1) is 10.6. The Morgan fingerprint density at radius 2 is 2.27 bits per heavy atom. The molecule has 15 heavy (non-hydrogen) atoms. The van der Waals surface area contributed by atoms with E-state index in [0.29, 0.717) is 31.8 Å². The summed E-state index contributed by atoms with van der Waals surface area (Å²) in [7, 11) is 1.37. The quantitative estimate of drug-likeness (QED) is 0.538. The van der Waals surface area contributed by atoms with Gasteiger partial charge in [0.2, 0.25) is 0 Å². The van der Waals surface area contributed by atoms with Crippen molar-refractivity contribution in [3.8, 4) is 0 Å². The van der Waals surface area contributed by atoms with E-state index in [9.17, 15) is 4.79 Å². The summed E-state index contributed by atoms with van der Waals surface area (Å²) in [5.41, 5.74) is 2.54. The second-order valence-corrected chi connectivity index (χ2v) is 5.21. The van der Waals surface area contributed by atoms with Crippen LogP contribution in [-0.4, -0.2) is 46.7 Å². The van der Waals surface area contributed by atoms with Gasteiger partial charge in [-0.05, 0) is 0 Å². The third-order valence-electron chi connectivity index (χ3n) is 2.24. The number of rotatable bonds is 1. The molecule has 1 aromatic heterocycles. The average molecular weight is 394 g/mol. The number of methoxy groups -OCH3 is 1. The first-order chi connectivity index (χ1) is 7.13. The monoisotopic (exact) mass is 394 g/mol. The summed E-state index contributed by atoms with van der Waals surface area (Å²) in [4.78, 5) is 11.5. The van der Waals surface area contributed by atoms with Gasteiger partial charge in [0.25, 0.3) is 0 Å². The number of nitrogens with zero attached hydrogens (tertiary/aromatic N) is 2. The van der Waals surface area contributed by atoms with Gasteiger partial charge < -0.3 is 0 Å². The summed E-state index contributed by atoms with van der Waals surface area (Å²) in [5, 5.41) is 5.10. The van der Waals surface area contributed by atoms with E-state index in [4.69, 9.17) is 4.74 Å². The number of aryl methyl sites for hydroxylation is 1. The van der Waals surface area contributed by atoms with Gasteiger partial charge in [-0.25, -0.2) is 0 Å². The van der Waals surface area contributed by atoms with Crippen LogP contribution in [0.15, 0.2) is 18.2 Å². The molecule has 0 aliphatic heterocycles. The molecule has 0 fully saturated rings. The predicted octanol–water partition coefficient (Wildman–Crippen LogP) is 1.06. The summed E-state index contributed by atoms with van der Waals surface area (Å²) in [5.74, 6) is -0.370. The van der Waals surface area contributed by atoms with Gasteiger partial charge in [0, 0.05) is 0 Å². The Bertz CT molecular complexity index is 533. The first-order valence-electron chi connectivity index (χ1n) is 4.46. The molecule has 2 rings (SSSR count). The van der Waals surface area contributed by atoms with E-state index in [0.717, 1.165) is 16.5 Å². The van der Waals surface area contributed by atoms with E-state index in [1.54, 1.807) is 0 Å². The van der Waals surface area contributed by atoms with Gasteiger partial charge >= 0.3 is 104 Å². The van der Waals surface area contributed by atoms with Crippen molar-refractivity contribution in [2.45, 2.75) is 6.92 Å². The fourth-order valence-electron chi connectivity index (χ4n) is 1.50. The number of carbonyl (C=O) groups is 1. The molecule has 74 valence electrons. The second kappa shape index (κ2) is 3.92. The third kappa shape index (κ3) is 1.78. The van der Waals surface area contributed by atoms with Crippen LogP contribution in [0, 0.1) is 6.92 Å². The van der Waals surface area contributed by atoms with Crippen molar-refractivity contribution in [2.75, 3.05) is 7.11 Å². The van der Waals surface area contributed by atoms with E-state index in [1.165, 1.54) is 7.11 Å². The van der Waals surface area contributed by atoms with Crippen molar-refractivity contribution < 1.29 is 9.53 Å². The van der Waals surface area contributed by atoms with Crippen LogP contribution in [-0.2, 0) is 4.74 Å². The molecule has 0 aliphatic rings. The normalized spacial score (nSPS) is 10.5. The summed E-state index contributed by atoms with van der Waals surface area (Å²) < 4.78 is 6.55. The fraction of sp³-hybridized carbons (Fsp3) is 0.200. The Kier molecular flexibility index (Phi) is 2.77. The topological polar surface area (TPSA) is 44.1 Å². The van der Waals surface area contributed by atoms with Gasteiger partial charge in [-0.2, -0.15) is 0 Å². The Morgan fingerprint density at radius 1 is 1.53 bits per heavy atom. The zero-order chi connectivity index (χ0) is 11.0. The molecular weight excluding hydrogens is 385 g/mol. The molecule has 0 amide bonds. The molecule has 2 aromatic rings. The molecule has 0 atom stereocenters. The van der Waals surface area contributed by atoms with Crippen LogP contribution in [0.25, 0.3) is 10.9 Å². The minimum atomic E-state index is -0.370. The van der Waals surface area contributed by atoms with Crippen molar-refractivity contribution >= 4 is 42.9 Å². The molecule has 1 heterocycles. The number of esters is 1. The Labute approximate surface area is 103 Å². The Hall–Kier alpha value is -0.918. The predicted molar refractivity (Wildman–Crippen MR) is 57.0 cm³/mol. The molecule has 0 aliphatic carbocycles. The van der Waals surface area contributed by atoms with Crippen molar-refractivity contribution in [1.82, 2.24) is 7.59 Å². The van der Waals surface area contributed by atoms with Crippen molar-refractivity contribution in [2.24, 2.45) is 0 Å². The third-order valence-corrected chi connectivity index (χ3v) is 3.77. The number of hydrogen-bond donors (Lipinski definition) is 0. The van der Waals surface area contributed by atoms with Gasteiger partial charge in [-0.3, -0.25) is 0 Å². The maximum absolute atomic E-state index is 11.5. The van der Waals surface area contributed by atoms with E-state index >= 15 is 0 Å². The number of fused-ring (bicyclic) bond motifs is 1. The first-order valence-corrected chi connectivity index (χ1v) is 6.47. The van der Waals surface area contributed by atoms with Crippen LogP contribution in [0.1, 0.15) is 16.1 Å². The minimum absolute atomic E-state index is 0.370. The maximum atomic E-state index is 11.5. The van der Waals surface area contributed by atoms with Gasteiger partial charge in [0.05, 0.1) is 0 Å². The number of ether oxygens (including phenoxy) is 1. The van der Waals surface area contributed by atoms with Gasteiger partial charge in [-0.15, -0.1) is 0 Å². The summed E-state index contributed by atoms with van der Waals surface area (Å²) >= 11 is 0.540. The van der Waals surface area contributed by atoms with Crippen LogP contribution in [0.2, 0.25) is 0 Å². The summed E-state index contributed by atoms with van der Waals surface area (Å²) in [6.07, 6.45) is 0. The average Bonchev–Trinajstić information content (AvgIpc) is 2.54. The fourth-order valence-corrected chi connectivity index (χ4v) is 2.83. The molecule has 0 bridgehead atoms. The molecule has 0 saturated heterocycles. The van der Waals surface area contributed by atoms with Crippen molar-refractivity contribution in [3.05, 3.63) is 29.5 Å². The van der Waals surface area contributed by atoms with E-state index in [1.807, 2.05) is 27.6 Å². The zero-order valence-corrected chi connectivity index (χ0v) is 13.0. The van der Waals surface area contributed by atoms with E-state index < -0.39 is 0 Å². The van der Waals surface area contributed by atoms with E-state index in [2.05, 4.69) is 5.10 Å². The summed E-state index contributed by atoms with van der Waals surface area (Å²) in [6, 6.07) is 5.97. The second-order valence-electron chi connectivity index (χ2n) is 3.31. The summed E-state index contributed by atoms with van der Waals surface area (Å²) in [6.45, 7) is 1.99. The SMILES string of the molecule is COC(=O)c1n[n]([Tl])c2ccc(C)cc12. The number of aromatic nitrogens is 2. The molecule has 5 heteroatoms. The number of carbonyl (C=O) groups excluding carboxylic acids is 1. The molecule has 4 nitrogen and oxygen atoms in total. The zero-order valence-electron chi connectivity index (χ0n) is 8.52. The van der Waals surface area contributed by atoms with Gasteiger partial charge in [0.1, 0.15) is 0 Å². The van der Waals surface area contributed by atoms with Crippen LogP contribution < -0.4 is 0 Å². The molecular formula is C10H9N2O2Tl. The van der Waals surface area contributed by atoms with Crippen LogP contribution in [0.4, 0.5) is 0 Å². The number of hydrogen-bond acceptors (Lipinski definition) is 3. The van der Waals surface area contributed by atoms with Gasteiger partial charge in [0.15, 0.2) is 0 Å². The van der Waals surface area contributed by atoms with E-state index in [-0.39, 0.29) is 5.97 Å². The van der Waals surface area contributed by atoms with Gasteiger partial charge in [-0.1, -0.05) is 0 Å².